The van der Waals surface area contributed by atoms with Crippen molar-refractivity contribution in [3.63, 3.8) is 0 Å². The number of benzene rings is 2. The summed E-state index contributed by atoms with van der Waals surface area (Å²) in [5, 5.41) is 9.51. The van der Waals surface area contributed by atoms with E-state index in [1.54, 1.807) is 67.6 Å². The monoisotopic (exact) mass is 415 g/mol. The van der Waals surface area contributed by atoms with Gasteiger partial charge in [0, 0.05) is 10.7 Å². The van der Waals surface area contributed by atoms with Crippen molar-refractivity contribution in [2.75, 3.05) is 32.6 Å². The summed E-state index contributed by atoms with van der Waals surface area (Å²) in [6.07, 6.45) is 0. The predicted molar refractivity (Wildman–Crippen MR) is 111 cm³/mol. The van der Waals surface area contributed by atoms with Gasteiger partial charge in [-0.3, -0.25) is 14.6 Å². The lowest BCUT2D eigenvalue weighted by molar-refractivity contribution is -0.148. The topological polar surface area (TPSA) is 80.2 Å². The molecule has 1 aliphatic rings. The fourth-order valence-corrected chi connectivity index (χ4v) is 3.36. The number of nitrogens with one attached hydrogen (secondary N) is 1. The van der Waals surface area contributed by atoms with Gasteiger partial charge in [-0.25, -0.2) is 0 Å². The number of anilines is 1. The van der Waals surface area contributed by atoms with Crippen LogP contribution in [0.4, 0.5) is 5.69 Å². The maximum absolute atomic E-state index is 12.5. The number of methoxy groups -OCH3 is 2. The van der Waals surface area contributed by atoms with Crippen molar-refractivity contribution in [1.29, 1.82) is 0 Å². The Labute approximate surface area is 174 Å². The van der Waals surface area contributed by atoms with Crippen LogP contribution in [0.5, 0.6) is 5.75 Å². The molecule has 1 heterocycles. The first-order chi connectivity index (χ1) is 13.9. The van der Waals surface area contributed by atoms with Gasteiger partial charge in [0.2, 0.25) is 5.91 Å². The quantitative estimate of drug-likeness (QED) is 0.733. The second-order valence-electron chi connectivity index (χ2n) is 6.88. The Morgan fingerprint density at radius 2 is 1.79 bits per heavy atom. The van der Waals surface area contributed by atoms with Gasteiger partial charge in [0.15, 0.2) is 0 Å². The van der Waals surface area contributed by atoms with Crippen molar-refractivity contribution in [2.24, 2.45) is 10.5 Å². The van der Waals surface area contributed by atoms with Crippen LogP contribution in [-0.4, -0.2) is 49.9 Å². The van der Waals surface area contributed by atoms with E-state index in [-0.39, 0.29) is 19.0 Å². The van der Waals surface area contributed by atoms with E-state index < -0.39 is 11.4 Å². The third kappa shape index (κ3) is 4.51. The van der Waals surface area contributed by atoms with E-state index >= 15 is 0 Å². The van der Waals surface area contributed by atoms with E-state index in [4.69, 9.17) is 21.1 Å². The zero-order valence-corrected chi connectivity index (χ0v) is 17.2. The summed E-state index contributed by atoms with van der Waals surface area (Å²) in [4.78, 5) is 25.0. The number of hydrogen-bond acceptors (Lipinski definition) is 6. The maximum atomic E-state index is 12.5. The van der Waals surface area contributed by atoms with Gasteiger partial charge < -0.3 is 14.8 Å². The lowest BCUT2D eigenvalue weighted by Gasteiger charge is -2.23. The van der Waals surface area contributed by atoms with E-state index in [0.717, 1.165) is 5.56 Å². The lowest BCUT2D eigenvalue weighted by atomic mass is 9.82. The smallest absolute Gasteiger partial charge is 0.319 e. The number of amides is 1. The average Bonchev–Trinajstić information content (AvgIpc) is 3.05. The summed E-state index contributed by atoms with van der Waals surface area (Å²) in [6, 6.07) is 14.1. The van der Waals surface area contributed by atoms with Crippen molar-refractivity contribution in [3.8, 4) is 5.75 Å². The number of carbonyl (C=O) groups excluding carboxylic acids is 2. The number of nitrogens with zero attached hydrogens (tertiary/aromatic N) is 2. The highest BCUT2D eigenvalue weighted by Crippen LogP contribution is 2.33. The Morgan fingerprint density at radius 3 is 2.38 bits per heavy atom. The number of rotatable bonds is 6. The van der Waals surface area contributed by atoms with Crippen LogP contribution in [0.15, 0.2) is 53.6 Å². The normalized spacial score (nSPS) is 18.2. The molecular formula is C21H22ClN3O4. The molecule has 2 aromatic carbocycles. The van der Waals surface area contributed by atoms with E-state index in [0.29, 0.717) is 22.2 Å². The van der Waals surface area contributed by atoms with Gasteiger partial charge in [-0.05, 0) is 48.9 Å². The standard InChI is InChI=1S/C21H22ClN3O4/c1-21(20(27)29-3)13-25(24-19(21)14-4-6-15(22)7-5-14)12-18(26)23-16-8-10-17(28-2)11-9-16/h4-11H,12-13H2,1-3H3,(H,23,26). The largest absolute Gasteiger partial charge is 0.497 e. The Morgan fingerprint density at radius 1 is 1.14 bits per heavy atom. The van der Waals surface area contributed by atoms with Gasteiger partial charge in [0.1, 0.15) is 17.7 Å². The Hall–Kier alpha value is -3.06. The molecule has 1 atom stereocenters. The minimum absolute atomic E-state index is 0.00426. The molecule has 0 aromatic heterocycles. The first-order valence-corrected chi connectivity index (χ1v) is 9.36. The number of halogens is 1. The van der Waals surface area contributed by atoms with E-state index in [1.165, 1.54) is 7.11 Å². The van der Waals surface area contributed by atoms with Crippen molar-refractivity contribution in [1.82, 2.24) is 5.01 Å². The molecule has 0 radical (unpaired) electrons. The van der Waals surface area contributed by atoms with Crippen LogP contribution in [0.25, 0.3) is 0 Å². The zero-order chi connectivity index (χ0) is 21.0. The molecule has 8 heteroatoms. The second-order valence-corrected chi connectivity index (χ2v) is 7.31. The van der Waals surface area contributed by atoms with Crippen molar-refractivity contribution in [2.45, 2.75) is 6.92 Å². The molecule has 1 aliphatic heterocycles. The minimum atomic E-state index is -0.997. The van der Waals surface area contributed by atoms with Crippen LogP contribution in [-0.2, 0) is 14.3 Å². The molecule has 7 nitrogen and oxygen atoms in total. The van der Waals surface area contributed by atoms with Crippen LogP contribution in [0, 0.1) is 5.41 Å². The summed E-state index contributed by atoms with van der Waals surface area (Å²) in [5.74, 6) is 0.0429. The average molecular weight is 416 g/mol. The number of ether oxygens (including phenoxy) is 2. The molecule has 0 saturated heterocycles. The number of esters is 1. The predicted octanol–water partition coefficient (Wildman–Crippen LogP) is 3.19. The Kier molecular flexibility index (Phi) is 6.08. The highest BCUT2D eigenvalue weighted by atomic mass is 35.5. The molecule has 0 aliphatic carbocycles. The molecular weight excluding hydrogens is 394 g/mol. The molecule has 152 valence electrons. The molecule has 1 amide bonds. The highest BCUT2D eigenvalue weighted by Gasteiger charge is 2.47. The summed E-state index contributed by atoms with van der Waals surface area (Å²) in [6.45, 7) is 1.98. The summed E-state index contributed by atoms with van der Waals surface area (Å²) >= 11 is 5.97. The molecule has 0 fully saturated rings. The number of hydrazone groups is 1. The SMILES string of the molecule is COC(=O)C1(C)CN(CC(=O)Nc2ccc(OC)cc2)N=C1c1ccc(Cl)cc1. The van der Waals surface area contributed by atoms with Gasteiger partial charge in [0.25, 0.3) is 0 Å². The third-order valence-corrected chi connectivity index (χ3v) is 4.97. The van der Waals surface area contributed by atoms with Gasteiger partial charge in [0.05, 0.1) is 26.5 Å². The highest BCUT2D eigenvalue weighted by molar-refractivity contribution is 6.30. The number of carbonyl (C=O) groups is 2. The summed E-state index contributed by atoms with van der Waals surface area (Å²) < 4.78 is 10.1. The van der Waals surface area contributed by atoms with Gasteiger partial charge >= 0.3 is 5.97 Å². The number of hydrogen-bond donors (Lipinski definition) is 1. The molecule has 0 bridgehead atoms. The minimum Gasteiger partial charge on any atom is -0.497 e. The molecule has 0 saturated carbocycles. The molecule has 2 aromatic rings. The second kappa shape index (κ2) is 8.53. The van der Waals surface area contributed by atoms with E-state index in [1.807, 2.05) is 0 Å². The zero-order valence-electron chi connectivity index (χ0n) is 16.4. The molecule has 1 N–H and O–H groups in total. The summed E-state index contributed by atoms with van der Waals surface area (Å²) in [7, 11) is 2.92. The molecule has 29 heavy (non-hydrogen) atoms. The van der Waals surface area contributed by atoms with Crippen molar-refractivity contribution < 1.29 is 19.1 Å². The molecule has 1 unspecified atom stereocenters. The van der Waals surface area contributed by atoms with Crippen molar-refractivity contribution >= 4 is 34.9 Å². The molecule has 0 spiro atoms. The van der Waals surface area contributed by atoms with Crippen LogP contribution in [0.1, 0.15) is 12.5 Å². The Bertz CT molecular complexity index is 928. The van der Waals surface area contributed by atoms with Gasteiger partial charge in [-0.15, -0.1) is 0 Å². The fourth-order valence-electron chi connectivity index (χ4n) is 3.23. The first-order valence-electron chi connectivity index (χ1n) is 8.98. The molecule has 3 rings (SSSR count). The van der Waals surface area contributed by atoms with Crippen LogP contribution in [0.2, 0.25) is 5.02 Å². The van der Waals surface area contributed by atoms with E-state index in [2.05, 4.69) is 10.4 Å². The fraction of sp³-hybridized carbons (Fsp3) is 0.286. The van der Waals surface area contributed by atoms with Crippen LogP contribution >= 0.6 is 11.6 Å². The van der Waals surface area contributed by atoms with E-state index in [9.17, 15) is 9.59 Å². The van der Waals surface area contributed by atoms with Crippen LogP contribution in [0.3, 0.4) is 0 Å². The van der Waals surface area contributed by atoms with Gasteiger partial charge in [-0.1, -0.05) is 23.7 Å². The van der Waals surface area contributed by atoms with Crippen LogP contribution < -0.4 is 10.1 Å². The maximum Gasteiger partial charge on any atom is 0.319 e. The third-order valence-electron chi connectivity index (χ3n) is 4.72. The first kappa shape index (κ1) is 20.7. The lowest BCUT2D eigenvalue weighted by Crippen LogP contribution is -2.41. The van der Waals surface area contributed by atoms with Gasteiger partial charge in [-0.2, -0.15) is 5.10 Å². The Balaban J connectivity index is 1.77. The van der Waals surface area contributed by atoms with Crippen molar-refractivity contribution in [3.05, 3.63) is 59.1 Å². The summed E-state index contributed by atoms with van der Waals surface area (Å²) in [5.41, 5.74) is 0.939.